The Morgan fingerprint density at radius 3 is 2.37 bits per heavy atom. The Bertz CT molecular complexity index is 1250. The number of rotatable bonds is 10. The van der Waals surface area contributed by atoms with Crippen LogP contribution in [0.5, 0.6) is 11.5 Å². The van der Waals surface area contributed by atoms with Crippen molar-refractivity contribution in [3.05, 3.63) is 53.1 Å². The van der Waals surface area contributed by atoms with Crippen LogP contribution in [0.15, 0.2) is 42.5 Å². The molecule has 11 heteroatoms. The molecule has 206 valence electrons. The zero-order chi connectivity index (χ0) is 27.3. The van der Waals surface area contributed by atoms with Crippen LogP contribution in [0.4, 0.5) is 5.69 Å². The molecule has 2 aromatic carbocycles. The van der Waals surface area contributed by atoms with Gasteiger partial charge >= 0.3 is 0 Å². The summed E-state index contributed by atoms with van der Waals surface area (Å²) in [7, 11) is -3.84. The molecule has 1 atom stereocenters. The standard InChI is InChI=1S/C27H34ClN3O6S/c1-3-38(34,35)31(23-12-13-24-25(16-23)37-15-14-36-24)18-26(32)30(17-20-8-10-21(28)11-9-20)19(2)27(33)29-22-6-4-5-7-22/h8-13,16,19,22H,3-7,14-15,17-18H2,1-2H3,(H,29,33)/t19-/m0/s1. The first kappa shape index (κ1) is 28.0. The van der Waals surface area contributed by atoms with E-state index in [1.54, 1.807) is 49.4 Å². The van der Waals surface area contributed by atoms with Gasteiger partial charge in [0.15, 0.2) is 11.5 Å². The highest BCUT2D eigenvalue weighted by Crippen LogP contribution is 2.35. The Morgan fingerprint density at radius 1 is 1.05 bits per heavy atom. The van der Waals surface area contributed by atoms with Crippen LogP contribution >= 0.6 is 11.6 Å². The zero-order valence-corrected chi connectivity index (χ0v) is 23.3. The number of nitrogens with one attached hydrogen (secondary N) is 1. The van der Waals surface area contributed by atoms with Crippen LogP contribution in [-0.4, -0.2) is 62.7 Å². The van der Waals surface area contributed by atoms with E-state index >= 15 is 0 Å². The molecule has 2 aliphatic rings. The van der Waals surface area contributed by atoms with Crippen LogP contribution in [0.1, 0.15) is 45.1 Å². The molecule has 0 radical (unpaired) electrons. The van der Waals surface area contributed by atoms with Gasteiger partial charge < -0.3 is 19.7 Å². The molecule has 1 heterocycles. The van der Waals surface area contributed by atoms with E-state index in [2.05, 4.69) is 5.32 Å². The molecule has 0 saturated heterocycles. The monoisotopic (exact) mass is 563 g/mol. The predicted octanol–water partition coefficient (Wildman–Crippen LogP) is 3.74. The summed E-state index contributed by atoms with van der Waals surface area (Å²) < 4.78 is 38.5. The molecule has 38 heavy (non-hydrogen) atoms. The van der Waals surface area contributed by atoms with Gasteiger partial charge in [0.1, 0.15) is 25.8 Å². The molecule has 0 aromatic heterocycles. The number of ether oxygens (including phenoxy) is 2. The molecule has 2 amide bonds. The van der Waals surface area contributed by atoms with Gasteiger partial charge in [-0.05, 0) is 56.5 Å². The number of hydrogen-bond acceptors (Lipinski definition) is 6. The highest BCUT2D eigenvalue weighted by atomic mass is 35.5. The highest BCUT2D eigenvalue weighted by molar-refractivity contribution is 7.92. The number of halogens is 1. The lowest BCUT2D eigenvalue weighted by Crippen LogP contribution is -2.52. The third-order valence-corrected chi connectivity index (χ3v) is 8.92. The number of anilines is 1. The van der Waals surface area contributed by atoms with Gasteiger partial charge in [-0.3, -0.25) is 13.9 Å². The average Bonchev–Trinajstić information content (AvgIpc) is 3.43. The SMILES string of the molecule is CCS(=O)(=O)N(CC(=O)N(Cc1ccc(Cl)cc1)[C@@H](C)C(=O)NC1CCCC1)c1ccc2c(c1)OCCO2. The Hall–Kier alpha value is -2.98. The minimum atomic E-state index is -3.84. The molecule has 0 unspecified atom stereocenters. The van der Waals surface area contributed by atoms with Gasteiger partial charge in [0.25, 0.3) is 0 Å². The summed E-state index contributed by atoms with van der Waals surface area (Å²) in [6.45, 7) is 3.59. The first-order valence-electron chi connectivity index (χ1n) is 12.9. The lowest BCUT2D eigenvalue weighted by molar-refractivity contribution is -0.139. The molecule has 0 spiro atoms. The zero-order valence-electron chi connectivity index (χ0n) is 21.7. The largest absolute Gasteiger partial charge is 0.486 e. The van der Waals surface area contributed by atoms with E-state index in [4.69, 9.17) is 21.1 Å². The van der Waals surface area contributed by atoms with Crippen molar-refractivity contribution in [1.29, 1.82) is 0 Å². The minimum absolute atomic E-state index is 0.0899. The van der Waals surface area contributed by atoms with Crippen molar-refractivity contribution in [1.82, 2.24) is 10.2 Å². The van der Waals surface area contributed by atoms with Crippen LogP contribution in [0.3, 0.4) is 0 Å². The normalized spacial score (nSPS) is 16.1. The summed E-state index contributed by atoms with van der Waals surface area (Å²) >= 11 is 6.03. The van der Waals surface area contributed by atoms with E-state index < -0.39 is 28.5 Å². The molecule has 4 rings (SSSR count). The van der Waals surface area contributed by atoms with Crippen molar-refractivity contribution >= 4 is 39.1 Å². The van der Waals surface area contributed by atoms with E-state index in [1.807, 2.05) is 0 Å². The molecule has 1 saturated carbocycles. The molecule has 1 N–H and O–H groups in total. The molecular weight excluding hydrogens is 530 g/mol. The fourth-order valence-corrected chi connectivity index (χ4v) is 5.85. The Labute approximate surface area is 229 Å². The van der Waals surface area contributed by atoms with Crippen molar-refractivity contribution in [2.24, 2.45) is 0 Å². The number of nitrogens with zero attached hydrogens (tertiary/aromatic N) is 2. The van der Waals surface area contributed by atoms with E-state index in [0.717, 1.165) is 35.6 Å². The third kappa shape index (κ3) is 6.71. The van der Waals surface area contributed by atoms with E-state index in [9.17, 15) is 18.0 Å². The van der Waals surface area contributed by atoms with Gasteiger partial charge in [-0.1, -0.05) is 36.6 Å². The van der Waals surface area contributed by atoms with Gasteiger partial charge in [-0.2, -0.15) is 0 Å². The first-order chi connectivity index (χ1) is 18.2. The van der Waals surface area contributed by atoms with E-state index in [0.29, 0.717) is 35.4 Å². The molecule has 1 aliphatic carbocycles. The van der Waals surface area contributed by atoms with Gasteiger partial charge in [0.2, 0.25) is 21.8 Å². The van der Waals surface area contributed by atoms with Gasteiger partial charge in [0.05, 0.1) is 11.4 Å². The van der Waals surface area contributed by atoms with Crippen LogP contribution in [0.2, 0.25) is 5.02 Å². The summed E-state index contributed by atoms with van der Waals surface area (Å²) in [6, 6.07) is 11.1. The highest BCUT2D eigenvalue weighted by Gasteiger charge is 2.32. The van der Waals surface area contributed by atoms with Crippen molar-refractivity contribution in [3.8, 4) is 11.5 Å². The predicted molar refractivity (Wildman–Crippen MR) is 146 cm³/mol. The summed E-state index contributed by atoms with van der Waals surface area (Å²) in [5, 5.41) is 3.61. The number of carbonyl (C=O) groups is 2. The fraction of sp³-hybridized carbons (Fsp3) is 0.481. The third-order valence-electron chi connectivity index (χ3n) is 6.93. The molecule has 1 aliphatic heterocycles. The second kappa shape index (κ2) is 12.3. The van der Waals surface area contributed by atoms with Crippen LogP contribution in [0, 0.1) is 0 Å². The average molecular weight is 564 g/mol. The van der Waals surface area contributed by atoms with Crippen molar-refractivity contribution in [3.63, 3.8) is 0 Å². The summed E-state index contributed by atoms with van der Waals surface area (Å²) in [6.07, 6.45) is 3.95. The maximum Gasteiger partial charge on any atom is 0.244 e. The Balaban J connectivity index is 1.61. The van der Waals surface area contributed by atoms with Crippen LogP contribution < -0.4 is 19.1 Å². The maximum absolute atomic E-state index is 13.8. The molecule has 9 nitrogen and oxygen atoms in total. The number of amides is 2. The number of fused-ring (bicyclic) bond motifs is 1. The summed E-state index contributed by atoms with van der Waals surface area (Å²) in [5.74, 6) is -0.0326. The van der Waals surface area contributed by atoms with Gasteiger partial charge in [0, 0.05) is 23.7 Å². The quantitative estimate of drug-likeness (QED) is 0.472. The van der Waals surface area contributed by atoms with Crippen LogP contribution in [-0.2, 0) is 26.2 Å². The van der Waals surface area contributed by atoms with Gasteiger partial charge in [-0.15, -0.1) is 0 Å². The minimum Gasteiger partial charge on any atom is -0.486 e. The topological polar surface area (TPSA) is 105 Å². The Kier molecular flexibility index (Phi) is 9.04. The molecule has 1 fully saturated rings. The van der Waals surface area contributed by atoms with Gasteiger partial charge in [-0.25, -0.2) is 8.42 Å². The first-order valence-corrected chi connectivity index (χ1v) is 14.9. The van der Waals surface area contributed by atoms with E-state index in [-0.39, 0.29) is 24.2 Å². The number of benzene rings is 2. The summed E-state index contributed by atoms with van der Waals surface area (Å²) in [4.78, 5) is 28.4. The lowest BCUT2D eigenvalue weighted by Gasteiger charge is -2.32. The molecule has 2 aromatic rings. The van der Waals surface area contributed by atoms with Crippen LogP contribution in [0.25, 0.3) is 0 Å². The Morgan fingerprint density at radius 2 is 1.71 bits per heavy atom. The van der Waals surface area contributed by atoms with Crippen molar-refractivity contribution in [2.45, 2.75) is 58.2 Å². The van der Waals surface area contributed by atoms with Crippen molar-refractivity contribution in [2.75, 3.05) is 29.8 Å². The molecule has 0 bridgehead atoms. The lowest BCUT2D eigenvalue weighted by atomic mass is 10.1. The second-order valence-electron chi connectivity index (χ2n) is 9.55. The fourth-order valence-electron chi connectivity index (χ4n) is 4.67. The van der Waals surface area contributed by atoms with Crippen molar-refractivity contribution < 1.29 is 27.5 Å². The second-order valence-corrected chi connectivity index (χ2v) is 12.2. The summed E-state index contributed by atoms with van der Waals surface area (Å²) in [5.41, 5.74) is 1.06. The maximum atomic E-state index is 13.8. The van der Waals surface area contributed by atoms with E-state index in [1.165, 1.54) is 11.8 Å². The molecular formula is C27H34ClN3O6S. The smallest absolute Gasteiger partial charge is 0.244 e. The number of carbonyl (C=O) groups excluding carboxylic acids is 2. The number of sulfonamides is 1. The number of hydrogen-bond donors (Lipinski definition) is 1.